The molecule has 6 heteroatoms. The number of pyridine rings is 1. The van der Waals surface area contributed by atoms with Crippen LogP contribution in [0.5, 0.6) is 0 Å². The van der Waals surface area contributed by atoms with Crippen LogP contribution in [0.15, 0.2) is 95.9 Å². The molecule has 1 N–H and O–H groups in total. The van der Waals surface area contributed by atoms with E-state index in [1.165, 1.54) is 0 Å². The van der Waals surface area contributed by atoms with Crippen molar-refractivity contribution in [1.29, 1.82) is 5.26 Å². The van der Waals surface area contributed by atoms with E-state index >= 15 is 0 Å². The Hall–Kier alpha value is -4.63. The average Bonchev–Trinajstić information content (AvgIpc) is 2.89. The fourth-order valence-electron chi connectivity index (χ4n) is 3.65. The van der Waals surface area contributed by atoms with Crippen LogP contribution < -0.4 is 5.32 Å². The molecule has 0 fully saturated rings. The van der Waals surface area contributed by atoms with Gasteiger partial charge in [-0.05, 0) is 48.5 Å². The van der Waals surface area contributed by atoms with Gasteiger partial charge < -0.3 is 5.32 Å². The number of nitrogens with zero attached hydrogens (tertiary/aromatic N) is 5. The van der Waals surface area contributed by atoms with Crippen molar-refractivity contribution >= 4 is 23.4 Å². The highest BCUT2D eigenvalue weighted by Gasteiger charge is 2.15. The Bertz CT molecular complexity index is 1410. The maximum atomic E-state index is 9.07. The predicted molar refractivity (Wildman–Crippen MR) is 138 cm³/mol. The normalized spacial score (nSPS) is 11.5. The smallest absolute Gasteiger partial charge is 0.163 e. The SMILES string of the molecule is C=N/C(=C\C=C/C)CNc1nc(-c2cncc(CC#N)c2)nc2cccc(-c3ccccc3)c12. The molecule has 0 saturated heterocycles. The molecule has 0 bridgehead atoms. The number of anilines is 1. The van der Waals surface area contributed by atoms with Gasteiger partial charge in [-0.1, -0.05) is 54.6 Å². The van der Waals surface area contributed by atoms with E-state index in [9.17, 15) is 0 Å². The Morgan fingerprint density at radius 2 is 1.94 bits per heavy atom. The Labute approximate surface area is 199 Å². The number of aromatic nitrogens is 3. The van der Waals surface area contributed by atoms with Crippen molar-refractivity contribution in [2.24, 2.45) is 4.99 Å². The molecule has 2 aromatic heterocycles. The van der Waals surface area contributed by atoms with Crippen LogP contribution in [0.1, 0.15) is 12.5 Å². The van der Waals surface area contributed by atoms with E-state index in [0.717, 1.165) is 38.9 Å². The van der Waals surface area contributed by atoms with Crippen LogP contribution in [-0.4, -0.2) is 28.2 Å². The third-order valence-electron chi connectivity index (χ3n) is 5.27. The first-order valence-electron chi connectivity index (χ1n) is 10.9. The Balaban J connectivity index is 1.88. The van der Waals surface area contributed by atoms with Crippen molar-refractivity contribution in [3.63, 3.8) is 0 Å². The minimum absolute atomic E-state index is 0.280. The highest BCUT2D eigenvalue weighted by molar-refractivity contribution is 6.02. The molecule has 4 rings (SSSR count). The number of hydrogen-bond acceptors (Lipinski definition) is 6. The largest absolute Gasteiger partial charge is 0.364 e. The summed E-state index contributed by atoms with van der Waals surface area (Å²) in [7, 11) is 0. The summed E-state index contributed by atoms with van der Waals surface area (Å²) in [5, 5.41) is 13.4. The van der Waals surface area contributed by atoms with Crippen LogP contribution in [0.2, 0.25) is 0 Å². The summed E-state index contributed by atoms with van der Waals surface area (Å²) in [6, 6.07) is 20.3. The molecule has 0 unspecified atom stereocenters. The van der Waals surface area contributed by atoms with Gasteiger partial charge in [-0.15, -0.1) is 0 Å². The number of fused-ring (bicyclic) bond motifs is 1. The Kier molecular flexibility index (Phi) is 7.16. The van der Waals surface area contributed by atoms with Gasteiger partial charge in [-0.3, -0.25) is 9.98 Å². The Morgan fingerprint density at radius 1 is 1.09 bits per heavy atom. The van der Waals surface area contributed by atoms with Gasteiger partial charge in [-0.2, -0.15) is 5.26 Å². The molecule has 34 heavy (non-hydrogen) atoms. The van der Waals surface area contributed by atoms with Crippen molar-refractivity contribution in [2.45, 2.75) is 13.3 Å². The lowest BCUT2D eigenvalue weighted by atomic mass is 10.0. The van der Waals surface area contributed by atoms with E-state index < -0.39 is 0 Å². The summed E-state index contributed by atoms with van der Waals surface area (Å²) in [4.78, 5) is 18.2. The van der Waals surface area contributed by atoms with Gasteiger partial charge in [0.2, 0.25) is 0 Å². The molecule has 0 amide bonds. The Morgan fingerprint density at radius 3 is 2.71 bits per heavy atom. The number of benzene rings is 2. The molecule has 2 aromatic carbocycles. The van der Waals surface area contributed by atoms with Crippen LogP contribution in [0.3, 0.4) is 0 Å². The van der Waals surface area contributed by atoms with Gasteiger partial charge in [0.15, 0.2) is 5.82 Å². The van der Waals surface area contributed by atoms with E-state index in [-0.39, 0.29) is 6.42 Å². The molecule has 0 atom stereocenters. The molecule has 0 aliphatic carbocycles. The lowest BCUT2D eigenvalue weighted by molar-refractivity contribution is 1.12. The third kappa shape index (κ3) is 5.05. The summed E-state index contributed by atoms with van der Waals surface area (Å²) >= 11 is 0. The predicted octanol–water partition coefficient (Wildman–Crippen LogP) is 6.00. The maximum Gasteiger partial charge on any atom is 0.163 e. The zero-order valence-corrected chi connectivity index (χ0v) is 18.9. The standard InChI is InChI=1S/C28H24N6/c1-3-4-11-23(30-2)19-32-28-26-24(21-9-6-5-7-10-21)12-8-13-25(26)33-27(34-28)22-16-20(14-15-29)17-31-18-22/h3-13,16-18H,2,14,19H2,1H3,(H,32,33,34)/b4-3-,23-11-. The molecule has 0 radical (unpaired) electrons. The number of hydrogen-bond donors (Lipinski definition) is 1. The molecule has 0 saturated carbocycles. The van der Waals surface area contributed by atoms with Crippen molar-refractivity contribution in [3.8, 4) is 28.6 Å². The quantitative estimate of drug-likeness (QED) is 0.266. The molecule has 4 aromatic rings. The van der Waals surface area contributed by atoms with E-state index in [1.54, 1.807) is 12.4 Å². The number of aliphatic imine (C=N–C) groups is 1. The second kappa shape index (κ2) is 10.8. The number of rotatable bonds is 8. The molecular formula is C28H24N6. The van der Waals surface area contributed by atoms with Crippen LogP contribution in [0, 0.1) is 11.3 Å². The zero-order chi connectivity index (χ0) is 23.8. The topological polar surface area (TPSA) is 86.9 Å². The highest BCUT2D eigenvalue weighted by Crippen LogP contribution is 2.34. The second-order valence-corrected chi connectivity index (χ2v) is 7.57. The van der Waals surface area contributed by atoms with Gasteiger partial charge in [0, 0.05) is 18.0 Å². The molecule has 0 spiro atoms. The first-order chi connectivity index (χ1) is 16.7. The lowest BCUT2D eigenvalue weighted by Gasteiger charge is -2.15. The summed E-state index contributed by atoms with van der Waals surface area (Å²) in [5.74, 6) is 1.23. The summed E-state index contributed by atoms with van der Waals surface area (Å²) in [6.07, 6.45) is 9.47. The fourth-order valence-corrected chi connectivity index (χ4v) is 3.65. The first kappa shape index (κ1) is 22.6. The third-order valence-corrected chi connectivity index (χ3v) is 5.27. The molecular weight excluding hydrogens is 420 g/mol. The van der Waals surface area contributed by atoms with Crippen molar-refractivity contribution < 1.29 is 0 Å². The van der Waals surface area contributed by atoms with E-state index in [1.807, 2.05) is 61.5 Å². The van der Waals surface area contributed by atoms with Crippen molar-refractivity contribution in [3.05, 3.63) is 96.5 Å². The van der Waals surface area contributed by atoms with Crippen molar-refractivity contribution in [1.82, 2.24) is 15.0 Å². The minimum atomic E-state index is 0.280. The molecule has 6 nitrogen and oxygen atoms in total. The summed E-state index contributed by atoms with van der Waals surface area (Å²) in [6.45, 7) is 6.09. The van der Waals surface area contributed by atoms with Crippen LogP contribution in [0.25, 0.3) is 33.4 Å². The van der Waals surface area contributed by atoms with Crippen LogP contribution >= 0.6 is 0 Å². The average molecular weight is 445 g/mol. The van der Waals surface area contributed by atoms with Crippen molar-refractivity contribution in [2.75, 3.05) is 11.9 Å². The molecule has 0 aliphatic rings. The number of allylic oxidation sites excluding steroid dienone is 3. The number of nitriles is 1. The van der Waals surface area contributed by atoms with Gasteiger partial charge in [0.1, 0.15) is 5.82 Å². The summed E-state index contributed by atoms with van der Waals surface area (Å²) < 4.78 is 0. The zero-order valence-electron chi connectivity index (χ0n) is 18.9. The maximum absolute atomic E-state index is 9.07. The first-order valence-corrected chi connectivity index (χ1v) is 10.9. The van der Waals surface area contributed by atoms with Gasteiger partial charge in [-0.25, -0.2) is 9.97 Å². The van der Waals surface area contributed by atoms with E-state index in [2.05, 4.69) is 46.3 Å². The van der Waals surface area contributed by atoms with Gasteiger partial charge in [0.25, 0.3) is 0 Å². The van der Waals surface area contributed by atoms with Gasteiger partial charge in [0.05, 0.1) is 35.6 Å². The lowest BCUT2D eigenvalue weighted by Crippen LogP contribution is -2.08. The molecule has 2 heterocycles. The van der Waals surface area contributed by atoms with E-state index in [0.29, 0.717) is 18.2 Å². The molecule has 166 valence electrons. The highest BCUT2D eigenvalue weighted by atomic mass is 15.0. The fraction of sp³-hybridized carbons (Fsp3) is 0.107. The summed E-state index contributed by atoms with van der Waals surface area (Å²) in [5.41, 5.74) is 5.30. The van der Waals surface area contributed by atoms with Gasteiger partial charge >= 0.3 is 0 Å². The molecule has 0 aliphatic heterocycles. The van der Waals surface area contributed by atoms with Crippen LogP contribution in [-0.2, 0) is 6.42 Å². The second-order valence-electron chi connectivity index (χ2n) is 7.57. The monoisotopic (exact) mass is 444 g/mol. The van der Waals surface area contributed by atoms with Crippen LogP contribution in [0.4, 0.5) is 5.82 Å². The minimum Gasteiger partial charge on any atom is -0.364 e. The van der Waals surface area contributed by atoms with E-state index in [4.69, 9.17) is 15.2 Å². The number of nitrogens with one attached hydrogen (secondary N) is 1.